The predicted molar refractivity (Wildman–Crippen MR) is 92.4 cm³/mol. The molecule has 3 fully saturated rings. The summed E-state index contributed by atoms with van der Waals surface area (Å²) in [5.74, 6) is 2.96. The van der Waals surface area contributed by atoms with Gasteiger partial charge in [0.2, 0.25) is 0 Å². The lowest BCUT2D eigenvalue weighted by Crippen LogP contribution is -2.50. The molecular weight excluding hydrogens is 288 g/mol. The standard InChI is InChI=1S/C17H30N6/c18-16-21-15(23-10-13-6-3-7-20-14(13)11-23)9-17(19,22-16)8-12-4-1-2-5-12/h9,12-14,20H,1-8,10-11,19H2,(H3,18,21,22). The van der Waals surface area contributed by atoms with E-state index in [1.807, 2.05) is 0 Å². The van der Waals surface area contributed by atoms with Crippen LogP contribution in [0.4, 0.5) is 0 Å². The zero-order valence-corrected chi connectivity index (χ0v) is 13.9. The lowest BCUT2D eigenvalue weighted by Gasteiger charge is -2.34. The summed E-state index contributed by atoms with van der Waals surface area (Å²) in [6, 6.07) is 0.605. The molecular formula is C17H30N6. The first kappa shape index (κ1) is 15.3. The summed E-state index contributed by atoms with van der Waals surface area (Å²) in [7, 11) is 0. The van der Waals surface area contributed by atoms with Gasteiger partial charge in [-0.05, 0) is 43.7 Å². The minimum atomic E-state index is -0.638. The molecule has 0 spiro atoms. The average molecular weight is 318 g/mol. The van der Waals surface area contributed by atoms with Crippen molar-refractivity contribution in [3.63, 3.8) is 0 Å². The Morgan fingerprint density at radius 1 is 1.22 bits per heavy atom. The molecule has 23 heavy (non-hydrogen) atoms. The fraction of sp³-hybridized carbons (Fsp3) is 0.824. The molecule has 0 bridgehead atoms. The zero-order valence-electron chi connectivity index (χ0n) is 13.9. The largest absolute Gasteiger partial charge is 0.370 e. The first-order valence-electron chi connectivity index (χ1n) is 9.24. The number of nitrogens with two attached hydrogens (primary N) is 2. The summed E-state index contributed by atoms with van der Waals surface area (Å²) < 4.78 is 0. The Labute approximate surface area is 138 Å². The van der Waals surface area contributed by atoms with Gasteiger partial charge in [-0.15, -0.1) is 0 Å². The molecule has 6 N–H and O–H groups in total. The Hall–Kier alpha value is -1.27. The molecule has 6 heteroatoms. The van der Waals surface area contributed by atoms with Gasteiger partial charge in [-0.25, -0.2) is 4.99 Å². The second-order valence-corrected chi connectivity index (χ2v) is 7.87. The van der Waals surface area contributed by atoms with Crippen molar-refractivity contribution in [2.75, 3.05) is 19.6 Å². The fourth-order valence-corrected chi connectivity index (χ4v) is 4.88. The number of rotatable bonds is 3. The number of hydrogen-bond donors (Lipinski definition) is 4. The average Bonchev–Trinajstić information content (AvgIpc) is 3.14. The lowest BCUT2D eigenvalue weighted by molar-refractivity contribution is 0.334. The summed E-state index contributed by atoms with van der Waals surface area (Å²) in [6.07, 6.45) is 10.9. The van der Waals surface area contributed by atoms with Crippen LogP contribution in [-0.2, 0) is 0 Å². The molecule has 3 aliphatic heterocycles. The van der Waals surface area contributed by atoms with Crippen LogP contribution in [0.5, 0.6) is 0 Å². The van der Waals surface area contributed by atoms with E-state index in [9.17, 15) is 0 Å². The van der Waals surface area contributed by atoms with E-state index in [1.165, 1.54) is 38.5 Å². The molecule has 2 saturated heterocycles. The van der Waals surface area contributed by atoms with E-state index in [0.717, 1.165) is 37.8 Å². The highest BCUT2D eigenvalue weighted by Crippen LogP contribution is 2.34. The van der Waals surface area contributed by atoms with Crippen molar-refractivity contribution < 1.29 is 0 Å². The van der Waals surface area contributed by atoms with Crippen molar-refractivity contribution in [1.29, 1.82) is 0 Å². The molecule has 4 rings (SSSR count). The molecule has 0 aromatic carbocycles. The molecule has 1 saturated carbocycles. The van der Waals surface area contributed by atoms with Crippen LogP contribution in [0.1, 0.15) is 44.9 Å². The molecule has 3 atom stereocenters. The van der Waals surface area contributed by atoms with Gasteiger partial charge in [0.25, 0.3) is 0 Å². The van der Waals surface area contributed by atoms with Gasteiger partial charge >= 0.3 is 0 Å². The van der Waals surface area contributed by atoms with Gasteiger partial charge < -0.3 is 27.0 Å². The van der Waals surface area contributed by atoms with Gasteiger partial charge in [-0.1, -0.05) is 25.7 Å². The summed E-state index contributed by atoms with van der Waals surface area (Å²) >= 11 is 0. The van der Waals surface area contributed by atoms with Crippen LogP contribution < -0.4 is 22.1 Å². The van der Waals surface area contributed by atoms with Gasteiger partial charge in [-0.2, -0.15) is 0 Å². The van der Waals surface area contributed by atoms with Crippen molar-refractivity contribution in [2.24, 2.45) is 28.3 Å². The van der Waals surface area contributed by atoms with Gasteiger partial charge in [-0.3, -0.25) is 0 Å². The molecule has 0 amide bonds. The van der Waals surface area contributed by atoms with Crippen molar-refractivity contribution in [3.8, 4) is 0 Å². The number of hydrogen-bond acceptors (Lipinski definition) is 6. The lowest BCUT2D eigenvalue weighted by atomic mass is 9.93. The number of fused-ring (bicyclic) bond motifs is 1. The van der Waals surface area contributed by atoms with Crippen molar-refractivity contribution in [2.45, 2.75) is 56.7 Å². The Morgan fingerprint density at radius 2 is 2.04 bits per heavy atom. The molecule has 3 heterocycles. The summed E-state index contributed by atoms with van der Waals surface area (Å²) in [4.78, 5) is 6.94. The molecule has 0 radical (unpaired) electrons. The Kier molecular flexibility index (Phi) is 3.97. The number of piperidine rings is 1. The van der Waals surface area contributed by atoms with Gasteiger partial charge in [0.15, 0.2) is 5.96 Å². The van der Waals surface area contributed by atoms with Crippen LogP contribution in [-0.4, -0.2) is 42.2 Å². The minimum absolute atomic E-state index is 0.464. The van der Waals surface area contributed by atoms with Crippen molar-refractivity contribution in [1.82, 2.24) is 15.5 Å². The molecule has 1 aliphatic carbocycles. The van der Waals surface area contributed by atoms with Gasteiger partial charge in [0.1, 0.15) is 11.5 Å². The molecule has 4 aliphatic rings. The number of aliphatic imine (C=N–C) groups is 1. The van der Waals surface area contributed by atoms with Gasteiger partial charge in [0, 0.05) is 19.1 Å². The first-order chi connectivity index (χ1) is 11.1. The Bertz CT molecular complexity index is 495. The van der Waals surface area contributed by atoms with E-state index in [2.05, 4.69) is 26.6 Å². The maximum atomic E-state index is 6.61. The van der Waals surface area contributed by atoms with E-state index in [0.29, 0.717) is 17.9 Å². The highest BCUT2D eigenvalue weighted by atomic mass is 15.3. The monoisotopic (exact) mass is 318 g/mol. The third kappa shape index (κ3) is 3.19. The van der Waals surface area contributed by atoms with Crippen LogP contribution in [0, 0.1) is 11.8 Å². The van der Waals surface area contributed by atoms with Crippen molar-refractivity contribution >= 4 is 5.96 Å². The summed E-state index contributed by atoms with van der Waals surface area (Å²) in [6.45, 7) is 3.27. The van der Waals surface area contributed by atoms with E-state index < -0.39 is 5.66 Å². The maximum absolute atomic E-state index is 6.61. The normalized spacial score (nSPS) is 38.0. The van der Waals surface area contributed by atoms with Crippen LogP contribution in [0.15, 0.2) is 16.9 Å². The number of likely N-dealkylation sites (tertiary alicyclic amines) is 1. The third-order valence-electron chi connectivity index (χ3n) is 6.00. The van der Waals surface area contributed by atoms with Crippen LogP contribution in [0.25, 0.3) is 0 Å². The molecule has 6 nitrogen and oxygen atoms in total. The molecule has 0 aromatic rings. The van der Waals surface area contributed by atoms with Crippen LogP contribution in [0.2, 0.25) is 0 Å². The number of nitrogens with zero attached hydrogens (tertiary/aromatic N) is 2. The zero-order chi connectivity index (χ0) is 15.9. The number of nitrogens with one attached hydrogen (secondary N) is 2. The van der Waals surface area contributed by atoms with E-state index in [1.54, 1.807) is 0 Å². The minimum Gasteiger partial charge on any atom is -0.370 e. The second kappa shape index (κ2) is 5.98. The molecule has 3 unspecified atom stereocenters. The van der Waals surface area contributed by atoms with Gasteiger partial charge in [0.05, 0.1) is 0 Å². The highest BCUT2D eigenvalue weighted by Gasteiger charge is 2.38. The molecule has 128 valence electrons. The quantitative estimate of drug-likeness (QED) is 0.614. The Balaban J connectivity index is 1.49. The SMILES string of the molecule is NC1=NC(N)(CC2CCCC2)C=C(N2CC3CCCNC3C2)N1. The second-order valence-electron chi connectivity index (χ2n) is 7.87. The first-order valence-corrected chi connectivity index (χ1v) is 9.24. The Morgan fingerprint density at radius 3 is 2.83 bits per heavy atom. The predicted octanol–water partition coefficient (Wildman–Crippen LogP) is 0.665. The van der Waals surface area contributed by atoms with E-state index >= 15 is 0 Å². The summed E-state index contributed by atoms with van der Waals surface area (Å²) in [5.41, 5.74) is 12.0. The summed E-state index contributed by atoms with van der Waals surface area (Å²) in [5, 5.41) is 6.91. The third-order valence-corrected chi connectivity index (χ3v) is 6.00. The van der Waals surface area contributed by atoms with E-state index in [4.69, 9.17) is 11.5 Å². The van der Waals surface area contributed by atoms with Crippen molar-refractivity contribution in [3.05, 3.63) is 11.9 Å². The fourth-order valence-electron chi connectivity index (χ4n) is 4.88. The number of guanidine groups is 1. The van der Waals surface area contributed by atoms with Crippen LogP contribution in [0.3, 0.4) is 0 Å². The molecule has 0 aromatic heterocycles. The topological polar surface area (TPSA) is 91.7 Å². The van der Waals surface area contributed by atoms with Crippen LogP contribution >= 0.6 is 0 Å². The smallest absolute Gasteiger partial charge is 0.196 e. The van der Waals surface area contributed by atoms with E-state index in [-0.39, 0.29) is 0 Å². The maximum Gasteiger partial charge on any atom is 0.196 e. The highest BCUT2D eigenvalue weighted by molar-refractivity contribution is 5.81.